The summed E-state index contributed by atoms with van der Waals surface area (Å²) in [5.74, 6) is -0.658. The Morgan fingerprint density at radius 2 is 2.04 bits per heavy atom. The summed E-state index contributed by atoms with van der Waals surface area (Å²) in [6, 6.07) is 5.52. The summed E-state index contributed by atoms with van der Waals surface area (Å²) >= 11 is 5.80. The van der Waals surface area contributed by atoms with Gasteiger partial charge in [-0.3, -0.25) is 9.59 Å². The van der Waals surface area contributed by atoms with Crippen molar-refractivity contribution in [1.29, 1.82) is 0 Å². The molecule has 0 aliphatic heterocycles. The number of carbonyl (C=O) groups is 1. The molecule has 0 fully saturated rings. The molecule has 1 heterocycles. The first-order valence-corrected chi connectivity index (χ1v) is 7.00. The van der Waals surface area contributed by atoms with E-state index in [0.29, 0.717) is 0 Å². The number of anilines is 1. The molecule has 9 heteroatoms. The summed E-state index contributed by atoms with van der Waals surface area (Å²) < 4.78 is 44.0. The van der Waals surface area contributed by atoms with Crippen molar-refractivity contribution in [3.8, 4) is 5.75 Å². The number of carbonyl (C=O) groups excluding carboxylic acids is 1. The van der Waals surface area contributed by atoms with Gasteiger partial charge in [-0.25, -0.2) is 0 Å². The molecule has 0 saturated carbocycles. The Labute approximate surface area is 139 Å². The highest BCUT2D eigenvalue weighted by atomic mass is 35.5. The Hall–Kier alpha value is -2.48. The number of aromatic nitrogens is 1. The molecule has 1 N–H and O–H groups in total. The highest BCUT2D eigenvalue weighted by molar-refractivity contribution is 6.33. The maximum atomic E-state index is 12.7. The summed E-state index contributed by atoms with van der Waals surface area (Å²) in [7, 11) is 1.31. The maximum absolute atomic E-state index is 12.7. The molecule has 0 saturated heterocycles. The first-order chi connectivity index (χ1) is 11.2. The zero-order chi connectivity index (χ0) is 17.9. The van der Waals surface area contributed by atoms with Gasteiger partial charge in [-0.2, -0.15) is 13.2 Å². The molecule has 0 unspecified atom stereocenters. The fourth-order valence-corrected chi connectivity index (χ4v) is 2.10. The molecule has 0 aliphatic carbocycles. The van der Waals surface area contributed by atoms with E-state index in [1.807, 2.05) is 0 Å². The number of pyridine rings is 1. The predicted octanol–water partition coefficient (Wildman–Crippen LogP) is 3.17. The maximum Gasteiger partial charge on any atom is 0.416 e. The number of ether oxygens (including phenoxy) is 1. The highest BCUT2D eigenvalue weighted by Gasteiger charge is 2.31. The number of hydrogen-bond donors (Lipinski definition) is 1. The van der Waals surface area contributed by atoms with E-state index in [9.17, 15) is 22.8 Å². The van der Waals surface area contributed by atoms with Crippen LogP contribution in [0.2, 0.25) is 5.02 Å². The number of hydrogen-bond acceptors (Lipinski definition) is 3. The molecule has 2 aromatic rings. The minimum absolute atomic E-state index is 0.0439. The second-order valence-corrected chi connectivity index (χ2v) is 5.16. The van der Waals surface area contributed by atoms with E-state index >= 15 is 0 Å². The van der Waals surface area contributed by atoms with Gasteiger partial charge in [-0.05, 0) is 30.3 Å². The largest absolute Gasteiger partial charge is 0.491 e. The van der Waals surface area contributed by atoms with E-state index in [2.05, 4.69) is 5.32 Å². The van der Waals surface area contributed by atoms with Crippen LogP contribution in [0.3, 0.4) is 0 Å². The van der Waals surface area contributed by atoms with E-state index in [1.54, 1.807) is 0 Å². The third kappa shape index (κ3) is 4.08. The first kappa shape index (κ1) is 17.9. The lowest BCUT2D eigenvalue weighted by atomic mass is 10.2. The second-order valence-electron chi connectivity index (χ2n) is 4.75. The Balaban J connectivity index is 2.20. The SMILES string of the molecule is COc1cccn(CC(=O)Nc2cc(C(F)(F)F)ccc2Cl)c1=O. The molecule has 1 aromatic carbocycles. The first-order valence-electron chi connectivity index (χ1n) is 6.62. The quantitative estimate of drug-likeness (QED) is 0.911. The molecule has 0 aliphatic rings. The van der Waals surface area contributed by atoms with Crippen LogP contribution in [0.4, 0.5) is 18.9 Å². The smallest absolute Gasteiger partial charge is 0.416 e. The minimum Gasteiger partial charge on any atom is -0.491 e. The summed E-state index contributed by atoms with van der Waals surface area (Å²) in [5, 5.41) is 2.22. The van der Waals surface area contributed by atoms with Crippen LogP contribution in [-0.2, 0) is 17.5 Å². The third-order valence-corrected chi connectivity index (χ3v) is 3.42. The Kier molecular flexibility index (Phi) is 5.18. The van der Waals surface area contributed by atoms with E-state index < -0.39 is 29.8 Å². The van der Waals surface area contributed by atoms with Crippen LogP contribution in [0.25, 0.3) is 0 Å². The normalized spacial score (nSPS) is 11.2. The number of benzene rings is 1. The average molecular weight is 361 g/mol. The number of halogens is 4. The number of rotatable bonds is 4. The number of nitrogens with one attached hydrogen (secondary N) is 1. The molecule has 2 rings (SSSR count). The van der Waals surface area contributed by atoms with Crippen molar-refractivity contribution in [2.75, 3.05) is 12.4 Å². The molecule has 0 spiro atoms. The van der Waals surface area contributed by atoms with Crippen molar-refractivity contribution in [3.63, 3.8) is 0 Å². The van der Waals surface area contributed by atoms with Crippen LogP contribution in [0.1, 0.15) is 5.56 Å². The van der Waals surface area contributed by atoms with Gasteiger partial charge in [0.2, 0.25) is 5.91 Å². The number of amides is 1. The van der Waals surface area contributed by atoms with E-state index in [0.717, 1.165) is 22.8 Å². The molecule has 0 atom stereocenters. The van der Waals surface area contributed by atoms with Crippen molar-refractivity contribution in [2.45, 2.75) is 12.7 Å². The molecular formula is C15H12ClF3N2O3. The zero-order valence-electron chi connectivity index (χ0n) is 12.4. The summed E-state index contributed by atoms with van der Waals surface area (Å²) in [5.41, 5.74) is -1.67. The van der Waals surface area contributed by atoms with E-state index in [1.165, 1.54) is 25.4 Å². The van der Waals surface area contributed by atoms with Gasteiger partial charge in [0.1, 0.15) is 6.54 Å². The lowest BCUT2D eigenvalue weighted by Crippen LogP contribution is -2.27. The predicted molar refractivity (Wildman–Crippen MR) is 82.3 cm³/mol. The van der Waals surface area contributed by atoms with Crippen LogP contribution < -0.4 is 15.6 Å². The molecule has 1 amide bonds. The van der Waals surface area contributed by atoms with Gasteiger partial charge in [0, 0.05) is 6.20 Å². The van der Waals surface area contributed by atoms with E-state index in [-0.39, 0.29) is 16.5 Å². The highest BCUT2D eigenvalue weighted by Crippen LogP contribution is 2.33. The van der Waals surface area contributed by atoms with E-state index in [4.69, 9.17) is 16.3 Å². The average Bonchev–Trinajstić information content (AvgIpc) is 2.50. The monoisotopic (exact) mass is 360 g/mol. The topological polar surface area (TPSA) is 60.3 Å². The number of nitrogens with zero attached hydrogens (tertiary/aromatic N) is 1. The Morgan fingerprint density at radius 3 is 2.67 bits per heavy atom. The molecule has 5 nitrogen and oxygen atoms in total. The fourth-order valence-electron chi connectivity index (χ4n) is 1.94. The van der Waals surface area contributed by atoms with Crippen LogP contribution >= 0.6 is 11.6 Å². The van der Waals surface area contributed by atoms with Gasteiger partial charge < -0.3 is 14.6 Å². The summed E-state index contributed by atoms with van der Waals surface area (Å²) in [6.07, 6.45) is -3.20. The molecular weight excluding hydrogens is 349 g/mol. The number of methoxy groups -OCH3 is 1. The molecule has 24 heavy (non-hydrogen) atoms. The summed E-state index contributed by atoms with van der Waals surface area (Å²) in [6.45, 7) is -0.400. The minimum atomic E-state index is -4.56. The van der Waals surface area contributed by atoms with Gasteiger partial charge in [0.15, 0.2) is 5.75 Å². The molecule has 0 radical (unpaired) electrons. The second kappa shape index (κ2) is 6.96. The molecule has 1 aromatic heterocycles. The Morgan fingerprint density at radius 1 is 1.33 bits per heavy atom. The van der Waals surface area contributed by atoms with Crippen LogP contribution in [0.15, 0.2) is 41.3 Å². The number of alkyl halides is 3. The molecule has 128 valence electrons. The van der Waals surface area contributed by atoms with Crippen LogP contribution in [0.5, 0.6) is 5.75 Å². The van der Waals surface area contributed by atoms with Gasteiger partial charge in [-0.1, -0.05) is 11.6 Å². The fraction of sp³-hybridized carbons (Fsp3) is 0.200. The van der Waals surface area contributed by atoms with Crippen LogP contribution in [-0.4, -0.2) is 17.6 Å². The van der Waals surface area contributed by atoms with Gasteiger partial charge in [-0.15, -0.1) is 0 Å². The van der Waals surface area contributed by atoms with Crippen LogP contribution in [0, 0.1) is 0 Å². The Bertz CT molecular complexity index is 818. The van der Waals surface area contributed by atoms with Gasteiger partial charge in [0.25, 0.3) is 5.56 Å². The van der Waals surface area contributed by atoms with Crippen molar-refractivity contribution in [2.24, 2.45) is 0 Å². The molecule has 0 bridgehead atoms. The van der Waals surface area contributed by atoms with Gasteiger partial charge in [0.05, 0.1) is 23.4 Å². The third-order valence-electron chi connectivity index (χ3n) is 3.09. The summed E-state index contributed by atoms with van der Waals surface area (Å²) in [4.78, 5) is 23.9. The zero-order valence-corrected chi connectivity index (χ0v) is 13.1. The van der Waals surface area contributed by atoms with Crippen molar-refractivity contribution in [1.82, 2.24) is 4.57 Å². The standard InChI is InChI=1S/C15H12ClF3N2O3/c1-24-12-3-2-6-21(14(12)23)8-13(22)20-11-7-9(15(17,18)19)4-5-10(11)16/h2-7H,8H2,1H3,(H,20,22). The van der Waals surface area contributed by atoms with Crippen molar-refractivity contribution in [3.05, 3.63) is 57.5 Å². The lowest BCUT2D eigenvalue weighted by molar-refractivity contribution is -0.137. The lowest BCUT2D eigenvalue weighted by Gasteiger charge is -2.12. The van der Waals surface area contributed by atoms with Gasteiger partial charge >= 0.3 is 6.18 Å². The van der Waals surface area contributed by atoms with Crippen molar-refractivity contribution >= 4 is 23.2 Å². The van der Waals surface area contributed by atoms with Crippen molar-refractivity contribution < 1.29 is 22.7 Å².